The van der Waals surface area contributed by atoms with Crippen molar-refractivity contribution >= 4 is 22.8 Å². The molecule has 8 nitrogen and oxygen atoms in total. The van der Waals surface area contributed by atoms with Crippen LogP contribution >= 0.6 is 0 Å². The topological polar surface area (TPSA) is 74.3 Å². The number of imidazole rings is 1. The predicted molar refractivity (Wildman–Crippen MR) is 109 cm³/mol. The first-order valence-electron chi connectivity index (χ1n) is 9.57. The van der Waals surface area contributed by atoms with Crippen molar-refractivity contribution in [3.05, 3.63) is 45.1 Å². The maximum absolute atomic E-state index is 13.1. The van der Waals surface area contributed by atoms with Crippen molar-refractivity contribution < 1.29 is 4.74 Å². The first-order valence-corrected chi connectivity index (χ1v) is 9.57. The quantitative estimate of drug-likeness (QED) is 0.690. The van der Waals surface area contributed by atoms with Crippen molar-refractivity contribution in [2.75, 3.05) is 18.6 Å². The third kappa shape index (κ3) is 2.71. The summed E-state index contributed by atoms with van der Waals surface area (Å²) >= 11 is 0. The van der Waals surface area contributed by atoms with Crippen LogP contribution < -0.4 is 20.9 Å². The van der Waals surface area contributed by atoms with E-state index in [-0.39, 0.29) is 11.2 Å². The highest BCUT2D eigenvalue weighted by molar-refractivity contribution is 5.77. The van der Waals surface area contributed by atoms with Gasteiger partial charge in [-0.3, -0.25) is 13.9 Å². The summed E-state index contributed by atoms with van der Waals surface area (Å²) in [7, 11) is 3.31. The average Bonchev–Trinajstić information content (AvgIpc) is 3.08. The smallest absolute Gasteiger partial charge is 0.332 e. The van der Waals surface area contributed by atoms with E-state index in [9.17, 15) is 9.59 Å². The minimum absolute atomic E-state index is 0.265. The molecule has 0 aliphatic carbocycles. The van der Waals surface area contributed by atoms with Gasteiger partial charge >= 0.3 is 5.69 Å². The van der Waals surface area contributed by atoms with E-state index in [0.717, 1.165) is 18.0 Å². The van der Waals surface area contributed by atoms with E-state index < -0.39 is 0 Å². The van der Waals surface area contributed by atoms with Crippen LogP contribution in [0, 0.1) is 5.92 Å². The van der Waals surface area contributed by atoms with Crippen molar-refractivity contribution in [3.8, 4) is 5.75 Å². The Labute approximate surface area is 162 Å². The van der Waals surface area contributed by atoms with Gasteiger partial charge in [-0.2, -0.15) is 4.98 Å². The summed E-state index contributed by atoms with van der Waals surface area (Å²) in [6.45, 7) is 5.96. The molecule has 1 aromatic carbocycles. The Balaban J connectivity index is 1.99. The molecule has 0 bridgehead atoms. The molecule has 0 saturated heterocycles. The highest BCUT2D eigenvalue weighted by Crippen LogP contribution is 2.34. The van der Waals surface area contributed by atoms with E-state index in [4.69, 9.17) is 9.72 Å². The van der Waals surface area contributed by atoms with E-state index in [0.29, 0.717) is 42.5 Å². The summed E-state index contributed by atoms with van der Waals surface area (Å²) in [5.74, 6) is 1.76. The molecule has 28 heavy (non-hydrogen) atoms. The summed E-state index contributed by atoms with van der Waals surface area (Å²) < 4.78 is 10.1. The van der Waals surface area contributed by atoms with E-state index in [2.05, 4.69) is 11.8 Å². The van der Waals surface area contributed by atoms with E-state index in [1.165, 1.54) is 9.13 Å². The molecule has 2 aromatic heterocycles. The number of hydrogen-bond donors (Lipinski definition) is 0. The second kappa shape index (κ2) is 6.85. The lowest BCUT2D eigenvalue weighted by molar-refractivity contribution is 0.414. The van der Waals surface area contributed by atoms with E-state index in [1.807, 2.05) is 35.8 Å². The summed E-state index contributed by atoms with van der Waals surface area (Å²) in [6.07, 6.45) is 0.716. The van der Waals surface area contributed by atoms with Crippen molar-refractivity contribution in [1.29, 1.82) is 0 Å². The molecular weight excluding hydrogens is 358 g/mol. The monoisotopic (exact) mass is 383 g/mol. The zero-order valence-electron chi connectivity index (χ0n) is 16.7. The SMILES string of the molecule is CCCn1c(=O)c2c(nc3n2CC(C)CN3c2cccc(OC)c2)n(C)c1=O. The molecule has 0 N–H and O–H groups in total. The number of aromatic nitrogens is 4. The fraction of sp³-hybridized carbons (Fsp3) is 0.450. The number of rotatable bonds is 4. The third-order valence-corrected chi connectivity index (χ3v) is 5.25. The van der Waals surface area contributed by atoms with Crippen molar-refractivity contribution in [2.45, 2.75) is 33.4 Å². The van der Waals surface area contributed by atoms with Crippen LogP contribution in [0.1, 0.15) is 20.3 Å². The van der Waals surface area contributed by atoms with Gasteiger partial charge in [0.15, 0.2) is 11.2 Å². The van der Waals surface area contributed by atoms with Gasteiger partial charge in [0.2, 0.25) is 5.95 Å². The molecule has 4 rings (SSSR count). The molecule has 1 atom stereocenters. The van der Waals surface area contributed by atoms with Gasteiger partial charge in [-0.15, -0.1) is 0 Å². The van der Waals surface area contributed by atoms with Crippen molar-refractivity contribution in [2.24, 2.45) is 13.0 Å². The standard InChI is InChI=1S/C20H25N5O3/c1-5-9-23-18(26)16-17(22(3)20(23)27)21-19-24(11-13(2)12-25(16)19)14-7-6-8-15(10-14)28-4/h6-8,10,13H,5,9,11-12H2,1-4H3. The molecule has 1 unspecified atom stereocenters. The fourth-order valence-corrected chi connectivity index (χ4v) is 3.92. The first-order chi connectivity index (χ1) is 13.5. The molecule has 3 heterocycles. The van der Waals surface area contributed by atoms with Gasteiger partial charge in [-0.1, -0.05) is 19.9 Å². The second-order valence-corrected chi connectivity index (χ2v) is 7.41. The van der Waals surface area contributed by atoms with Crippen LogP contribution in [0.5, 0.6) is 5.75 Å². The van der Waals surface area contributed by atoms with Crippen LogP contribution in [0.25, 0.3) is 11.2 Å². The van der Waals surface area contributed by atoms with Crippen LogP contribution in [-0.2, 0) is 20.1 Å². The lowest BCUT2D eigenvalue weighted by Gasteiger charge is -2.33. The fourth-order valence-electron chi connectivity index (χ4n) is 3.92. The summed E-state index contributed by atoms with van der Waals surface area (Å²) in [5, 5.41) is 0. The highest BCUT2D eigenvalue weighted by Gasteiger charge is 2.29. The van der Waals surface area contributed by atoms with Gasteiger partial charge in [-0.25, -0.2) is 4.79 Å². The molecule has 0 radical (unpaired) electrons. The number of fused-ring (bicyclic) bond motifs is 3. The minimum atomic E-state index is -0.323. The normalized spacial score (nSPS) is 16.4. The number of anilines is 2. The summed E-state index contributed by atoms with van der Waals surface area (Å²) in [4.78, 5) is 32.6. The number of ether oxygens (including phenoxy) is 1. The minimum Gasteiger partial charge on any atom is -0.497 e. The summed E-state index contributed by atoms with van der Waals surface area (Å²) in [5.41, 5.74) is 1.28. The number of aryl methyl sites for hydroxylation is 1. The molecule has 148 valence electrons. The van der Waals surface area contributed by atoms with Crippen LogP contribution in [0.15, 0.2) is 33.9 Å². The number of methoxy groups -OCH3 is 1. The van der Waals surface area contributed by atoms with Gasteiger partial charge in [0.1, 0.15) is 5.75 Å². The van der Waals surface area contributed by atoms with Crippen molar-refractivity contribution in [3.63, 3.8) is 0 Å². The molecular formula is C20H25N5O3. The maximum Gasteiger partial charge on any atom is 0.332 e. The molecule has 8 heteroatoms. The Morgan fingerprint density at radius 2 is 2.04 bits per heavy atom. The Morgan fingerprint density at radius 3 is 2.75 bits per heavy atom. The van der Waals surface area contributed by atoms with Crippen LogP contribution in [0.2, 0.25) is 0 Å². The lowest BCUT2D eigenvalue weighted by Crippen LogP contribution is -2.40. The number of hydrogen-bond acceptors (Lipinski definition) is 5. The van der Waals surface area contributed by atoms with Crippen LogP contribution in [0.3, 0.4) is 0 Å². The number of benzene rings is 1. The molecule has 3 aromatic rings. The molecule has 0 amide bonds. The number of nitrogens with zero attached hydrogens (tertiary/aromatic N) is 5. The second-order valence-electron chi connectivity index (χ2n) is 7.41. The third-order valence-electron chi connectivity index (χ3n) is 5.25. The maximum atomic E-state index is 13.1. The Bertz CT molecular complexity index is 1160. The van der Waals surface area contributed by atoms with E-state index >= 15 is 0 Å². The van der Waals surface area contributed by atoms with Gasteiger partial charge < -0.3 is 14.2 Å². The lowest BCUT2D eigenvalue weighted by atomic mass is 10.1. The van der Waals surface area contributed by atoms with Crippen LogP contribution in [-0.4, -0.2) is 32.3 Å². The van der Waals surface area contributed by atoms with Gasteiger partial charge in [0.05, 0.1) is 7.11 Å². The predicted octanol–water partition coefficient (Wildman–Crippen LogP) is 2.10. The van der Waals surface area contributed by atoms with Crippen molar-refractivity contribution in [1.82, 2.24) is 18.7 Å². The zero-order chi connectivity index (χ0) is 20.0. The van der Waals surface area contributed by atoms with E-state index in [1.54, 1.807) is 14.2 Å². The van der Waals surface area contributed by atoms with Crippen LogP contribution in [0.4, 0.5) is 11.6 Å². The molecule has 0 fully saturated rings. The molecule has 0 spiro atoms. The Morgan fingerprint density at radius 1 is 1.25 bits per heavy atom. The Kier molecular flexibility index (Phi) is 4.49. The van der Waals surface area contributed by atoms with Gasteiger partial charge in [-0.05, 0) is 24.5 Å². The largest absolute Gasteiger partial charge is 0.497 e. The molecule has 1 aliphatic heterocycles. The summed E-state index contributed by atoms with van der Waals surface area (Å²) in [6, 6.07) is 7.78. The van der Waals surface area contributed by atoms with Gasteiger partial charge in [0, 0.05) is 38.4 Å². The Hall–Kier alpha value is -3.03. The van der Waals surface area contributed by atoms with Gasteiger partial charge in [0.25, 0.3) is 5.56 Å². The average molecular weight is 383 g/mol. The molecule has 1 aliphatic rings. The molecule has 0 saturated carbocycles. The first kappa shape index (κ1) is 18.3. The highest BCUT2D eigenvalue weighted by atomic mass is 16.5. The zero-order valence-corrected chi connectivity index (χ0v) is 16.7.